The second-order valence-corrected chi connectivity index (χ2v) is 6.64. The average Bonchev–Trinajstić information content (AvgIpc) is 2.94. The number of hydrogen-bond donors (Lipinski definition) is 1. The minimum Gasteiger partial charge on any atom is -0.479 e. The zero-order chi connectivity index (χ0) is 21.0. The highest BCUT2D eigenvalue weighted by atomic mass is 16.6. The smallest absolute Gasteiger partial charge is 0.347 e. The van der Waals surface area contributed by atoms with Crippen LogP contribution in [0.25, 0.3) is 0 Å². The third-order valence-electron chi connectivity index (χ3n) is 4.37. The summed E-state index contributed by atoms with van der Waals surface area (Å²) in [5, 5.41) is 0. The van der Waals surface area contributed by atoms with Gasteiger partial charge in [0.1, 0.15) is 5.75 Å². The molecule has 1 aromatic heterocycles. The summed E-state index contributed by atoms with van der Waals surface area (Å²) >= 11 is 0. The molecule has 0 saturated carbocycles. The number of Topliss-reactive ketones (excluding diaryl/α,β-unsaturated/α-hetero) is 1. The van der Waals surface area contributed by atoms with Crippen LogP contribution < -0.4 is 4.74 Å². The maximum Gasteiger partial charge on any atom is 0.347 e. The molecule has 1 aromatic carbocycles. The van der Waals surface area contributed by atoms with E-state index in [1.807, 2.05) is 19.1 Å². The standard InChI is InChI=1S/C21H25NO6/c1-11-8-7-9-16(10-11)27-15(5)20(24)28-14(4)19(23)18-12(2)17(13(3)22-18)21(25)26-6/h7-10,14-15,22H,1-6H3/t14-,15-/m0/s1. The molecule has 0 unspecified atom stereocenters. The summed E-state index contributed by atoms with van der Waals surface area (Å²) in [7, 11) is 1.27. The van der Waals surface area contributed by atoms with Crippen molar-refractivity contribution < 1.29 is 28.6 Å². The van der Waals surface area contributed by atoms with Gasteiger partial charge in [0.2, 0.25) is 5.78 Å². The van der Waals surface area contributed by atoms with Crippen LogP contribution in [-0.4, -0.2) is 42.0 Å². The van der Waals surface area contributed by atoms with Gasteiger partial charge in [-0.3, -0.25) is 4.79 Å². The summed E-state index contributed by atoms with van der Waals surface area (Å²) in [6.07, 6.45) is -1.92. The van der Waals surface area contributed by atoms with Gasteiger partial charge in [0, 0.05) is 5.69 Å². The summed E-state index contributed by atoms with van der Waals surface area (Å²) in [5.74, 6) is -1.08. The molecule has 0 aliphatic heterocycles. The summed E-state index contributed by atoms with van der Waals surface area (Å²) < 4.78 is 15.6. The number of H-pyrrole nitrogens is 1. The van der Waals surface area contributed by atoms with Gasteiger partial charge in [0.15, 0.2) is 12.2 Å². The second-order valence-electron chi connectivity index (χ2n) is 6.64. The molecule has 0 bridgehead atoms. The molecule has 0 spiro atoms. The van der Waals surface area contributed by atoms with E-state index >= 15 is 0 Å². The number of methoxy groups -OCH3 is 1. The van der Waals surface area contributed by atoms with E-state index in [1.54, 1.807) is 32.9 Å². The lowest BCUT2D eigenvalue weighted by molar-refractivity contribution is -0.153. The zero-order valence-corrected chi connectivity index (χ0v) is 16.9. The molecule has 1 heterocycles. The van der Waals surface area contributed by atoms with Crippen molar-refractivity contribution in [3.8, 4) is 5.75 Å². The molecular weight excluding hydrogens is 362 g/mol. The Bertz CT molecular complexity index is 898. The van der Waals surface area contributed by atoms with E-state index in [2.05, 4.69) is 4.98 Å². The van der Waals surface area contributed by atoms with Gasteiger partial charge in [0.05, 0.1) is 18.4 Å². The van der Waals surface area contributed by atoms with Crippen LogP contribution in [0.15, 0.2) is 24.3 Å². The molecule has 0 amide bonds. The van der Waals surface area contributed by atoms with Crippen molar-refractivity contribution in [2.24, 2.45) is 0 Å². The number of esters is 2. The third-order valence-corrected chi connectivity index (χ3v) is 4.37. The molecule has 1 N–H and O–H groups in total. The van der Waals surface area contributed by atoms with Gasteiger partial charge in [-0.15, -0.1) is 0 Å². The number of nitrogens with one attached hydrogen (secondary N) is 1. The minimum atomic E-state index is -1.04. The summed E-state index contributed by atoms with van der Waals surface area (Å²) in [6.45, 7) is 8.26. The first kappa shape index (κ1) is 21.2. The molecule has 7 heteroatoms. The van der Waals surface area contributed by atoms with E-state index in [-0.39, 0.29) is 5.69 Å². The van der Waals surface area contributed by atoms with E-state index in [1.165, 1.54) is 14.0 Å². The zero-order valence-electron chi connectivity index (χ0n) is 16.9. The van der Waals surface area contributed by atoms with Gasteiger partial charge in [-0.2, -0.15) is 0 Å². The Morgan fingerprint density at radius 3 is 2.32 bits per heavy atom. The van der Waals surface area contributed by atoms with Crippen LogP contribution in [0.4, 0.5) is 0 Å². The number of carbonyl (C=O) groups excluding carboxylic acids is 3. The maximum atomic E-state index is 12.7. The largest absolute Gasteiger partial charge is 0.479 e. The summed E-state index contributed by atoms with van der Waals surface area (Å²) in [5.41, 5.74) is 2.50. The highest BCUT2D eigenvalue weighted by molar-refractivity contribution is 6.04. The Labute approximate surface area is 164 Å². The number of aromatic amines is 1. The van der Waals surface area contributed by atoms with E-state index in [0.717, 1.165) is 5.56 Å². The molecule has 2 atom stereocenters. The minimum absolute atomic E-state index is 0.213. The third kappa shape index (κ3) is 4.60. The number of carbonyl (C=O) groups is 3. The Balaban J connectivity index is 2.07. The molecule has 0 aliphatic carbocycles. The molecule has 0 fully saturated rings. The molecule has 2 aromatic rings. The fraction of sp³-hybridized carbons (Fsp3) is 0.381. The first-order chi connectivity index (χ1) is 13.1. The Hall–Kier alpha value is -3.09. The quantitative estimate of drug-likeness (QED) is 0.579. The van der Waals surface area contributed by atoms with Crippen molar-refractivity contribution in [3.05, 3.63) is 52.3 Å². The van der Waals surface area contributed by atoms with Crippen LogP contribution in [0.5, 0.6) is 5.75 Å². The normalized spacial score (nSPS) is 12.8. The molecule has 150 valence electrons. The van der Waals surface area contributed by atoms with E-state index in [0.29, 0.717) is 22.6 Å². The average molecular weight is 387 g/mol. The van der Waals surface area contributed by atoms with Crippen molar-refractivity contribution in [1.29, 1.82) is 0 Å². The molecule has 28 heavy (non-hydrogen) atoms. The summed E-state index contributed by atoms with van der Waals surface area (Å²) in [4.78, 5) is 39.8. The fourth-order valence-corrected chi connectivity index (χ4v) is 2.87. The molecular formula is C21H25NO6. The predicted molar refractivity (Wildman–Crippen MR) is 103 cm³/mol. The van der Waals surface area contributed by atoms with E-state index in [4.69, 9.17) is 14.2 Å². The van der Waals surface area contributed by atoms with Crippen molar-refractivity contribution >= 4 is 17.7 Å². The van der Waals surface area contributed by atoms with Gasteiger partial charge < -0.3 is 19.2 Å². The fourth-order valence-electron chi connectivity index (χ4n) is 2.87. The van der Waals surface area contributed by atoms with Gasteiger partial charge in [-0.05, 0) is 57.9 Å². The number of ketones is 1. The van der Waals surface area contributed by atoms with Crippen LogP contribution in [0.3, 0.4) is 0 Å². The summed E-state index contributed by atoms with van der Waals surface area (Å²) in [6, 6.07) is 7.28. The Morgan fingerprint density at radius 2 is 1.71 bits per heavy atom. The lowest BCUT2D eigenvalue weighted by Gasteiger charge is -2.17. The Morgan fingerprint density at radius 1 is 1.04 bits per heavy atom. The van der Waals surface area contributed by atoms with E-state index in [9.17, 15) is 14.4 Å². The van der Waals surface area contributed by atoms with Gasteiger partial charge >= 0.3 is 11.9 Å². The van der Waals surface area contributed by atoms with Gasteiger partial charge in [0.25, 0.3) is 0 Å². The number of ether oxygens (including phenoxy) is 3. The molecule has 0 aliphatic rings. The predicted octanol–water partition coefficient (Wildman–Crippen LogP) is 3.31. The number of hydrogen-bond acceptors (Lipinski definition) is 6. The van der Waals surface area contributed by atoms with E-state index < -0.39 is 29.9 Å². The number of rotatable bonds is 7. The number of aryl methyl sites for hydroxylation is 2. The van der Waals surface area contributed by atoms with Crippen molar-refractivity contribution in [2.45, 2.75) is 46.8 Å². The van der Waals surface area contributed by atoms with Crippen LogP contribution in [0.1, 0.15) is 51.5 Å². The monoisotopic (exact) mass is 387 g/mol. The second kappa shape index (κ2) is 8.73. The van der Waals surface area contributed by atoms with Crippen LogP contribution in [0.2, 0.25) is 0 Å². The van der Waals surface area contributed by atoms with Gasteiger partial charge in [-0.25, -0.2) is 9.59 Å². The molecule has 0 saturated heterocycles. The van der Waals surface area contributed by atoms with Crippen LogP contribution in [0, 0.1) is 20.8 Å². The van der Waals surface area contributed by atoms with Crippen molar-refractivity contribution in [3.63, 3.8) is 0 Å². The first-order valence-corrected chi connectivity index (χ1v) is 8.91. The number of benzene rings is 1. The maximum absolute atomic E-state index is 12.7. The SMILES string of the molecule is COC(=O)c1c(C)[nH]c(C(=O)[C@H](C)OC(=O)[C@H](C)Oc2cccc(C)c2)c1C. The Kier molecular flexibility index (Phi) is 6.62. The van der Waals surface area contributed by atoms with Crippen LogP contribution in [-0.2, 0) is 14.3 Å². The highest BCUT2D eigenvalue weighted by Crippen LogP contribution is 2.21. The molecule has 7 nitrogen and oxygen atoms in total. The van der Waals surface area contributed by atoms with Crippen molar-refractivity contribution in [1.82, 2.24) is 4.98 Å². The lowest BCUT2D eigenvalue weighted by atomic mass is 10.1. The lowest BCUT2D eigenvalue weighted by Crippen LogP contribution is -2.33. The topological polar surface area (TPSA) is 94.7 Å². The molecule has 2 rings (SSSR count). The van der Waals surface area contributed by atoms with Gasteiger partial charge in [-0.1, -0.05) is 12.1 Å². The number of aromatic nitrogens is 1. The highest BCUT2D eigenvalue weighted by Gasteiger charge is 2.29. The first-order valence-electron chi connectivity index (χ1n) is 8.91. The van der Waals surface area contributed by atoms with Crippen molar-refractivity contribution in [2.75, 3.05) is 7.11 Å². The molecule has 0 radical (unpaired) electrons. The van der Waals surface area contributed by atoms with Crippen LogP contribution >= 0.6 is 0 Å².